The Bertz CT molecular complexity index is 1550. The molecule has 0 radical (unpaired) electrons. The van der Waals surface area contributed by atoms with Crippen LogP contribution in [0.5, 0.6) is 0 Å². The van der Waals surface area contributed by atoms with Crippen molar-refractivity contribution in [3.05, 3.63) is 83.8 Å². The smallest absolute Gasteiger partial charge is 0.270 e. The van der Waals surface area contributed by atoms with Gasteiger partial charge in [0.25, 0.3) is 5.91 Å². The van der Waals surface area contributed by atoms with Crippen LogP contribution < -0.4 is 5.32 Å². The van der Waals surface area contributed by atoms with Gasteiger partial charge in [-0.1, -0.05) is 42.3 Å². The largest absolute Gasteiger partial charge is 0.350 e. The summed E-state index contributed by atoms with van der Waals surface area (Å²) in [6.07, 6.45) is 4.79. The molecule has 2 aromatic heterocycles. The van der Waals surface area contributed by atoms with Crippen LogP contribution in [0.1, 0.15) is 41.4 Å². The number of benzene rings is 2. The van der Waals surface area contributed by atoms with Gasteiger partial charge in [0.05, 0.1) is 10.9 Å². The predicted molar refractivity (Wildman–Crippen MR) is 136 cm³/mol. The number of fused-ring (bicyclic) bond motifs is 3. The Labute approximate surface area is 203 Å². The monoisotopic (exact) mass is 460 g/mol. The Balaban J connectivity index is 1.27. The third-order valence-electron chi connectivity index (χ3n) is 7.23. The Hall–Kier alpha value is -4.37. The third kappa shape index (κ3) is 3.39. The molecule has 35 heavy (non-hydrogen) atoms. The van der Waals surface area contributed by atoms with Gasteiger partial charge in [-0.05, 0) is 43.5 Å². The van der Waals surface area contributed by atoms with Crippen LogP contribution in [0.3, 0.4) is 0 Å². The number of carbonyl (C=O) groups is 2. The SMILES string of the molecule is CC#Cc1cncc(-c2cccc3cc(C(=O)N4CCC5(CC4)C(=O)Nc4ccccc45)[nH]c23)c1. The van der Waals surface area contributed by atoms with Gasteiger partial charge in [-0.25, -0.2) is 0 Å². The summed E-state index contributed by atoms with van der Waals surface area (Å²) in [6.45, 7) is 2.87. The first-order valence-corrected chi connectivity index (χ1v) is 11.8. The number of anilines is 1. The molecule has 1 fully saturated rings. The summed E-state index contributed by atoms with van der Waals surface area (Å²) >= 11 is 0. The number of nitrogens with one attached hydrogen (secondary N) is 2. The normalized spacial score (nSPS) is 16.0. The number of piperidine rings is 1. The highest BCUT2D eigenvalue weighted by atomic mass is 16.2. The van der Waals surface area contributed by atoms with Gasteiger partial charge in [-0.3, -0.25) is 14.6 Å². The van der Waals surface area contributed by atoms with Gasteiger partial charge in [-0.2, -0.15) is 0 Å². The summed E-state index contributed by atoms with van der Waals surface area (Å²) in [7, 11) is 0. The highest BCUT2D eigenvalue weighted by molar-refractivity contribution is 6.07. The lowest BCUT2D eigenvalue weighted by Crippen LogP contribution is -2.48. The van der Waals surface area contributed by atoms with Gasteiger partial charge in [0.2, 0.25) is 5.91 Å². The topological polar surface area (TPSA) is 78.1 Å². The maximum atomic E-state index is 13.5. The number of aromatic amines is 1. The van der Waals surface area contributed by atoms with Crippen LogP contribution in [-0.4, -0.2) is 39.8 Å². The van der Waals surface area contributed by atoms with Crippen molar-refractivity contribution in [2.45, 2.75) is 25.2 Å². The first-order valence-electron chi connectivity index (χ1n) is 11.8. The Morgan fingerprint density at radius 2 is 1.89 bits per heavy atom. The maximum Gasteiger partial charge on any atom is 0.270 e. The predicted octanol–water partition coefficient (Wildman–Crippen LogP) is 4.73. The summed E-state index contributed by atoms with van der Waals surface area (Å²) in [5, 5.41) is 3.99. The molecule has 1 saturated heterocycles. The minimum absolute atomic E-state index is 0.0441. The molecule has 2 amide bonds. The number of H-pyrrole nitrogens is 1. The van der Waals surface area contributed by atoms with E-state index in [9.17, 15) is 9.59 Å². The Kier molecular flexibility index (Phi) is 4.93. The van der Waals surface area contributed by atoms with Crippen molar-refractivity contribution >= 4 is 28.4 Å². The summed E-state index contributed by atoms with van der Waals surface area (Å²) in [6, 6.07) is 17.8. The Morgan fingerprint density at radius 3 is 2.71 bits per heavy atom. The summed E-state index contributed by atoms with van der Waals surface area (Å²) in [5.74, 6) is 5.96. The maximum absolute atomic E-state index is 13.5. The van der Waals surface area contributed by atoms with Gasteiger partial charge in [0.1, 0.15) is 5.69 Å². The molecule has 6 heteroatoms. The second kappa shape index (κ2) is 8.14. The fraction of sp³-hybridized carbons (Fsp3) is 0.207. The number of pyridine rings is 1. The molecule has 172 valence electrons. The van der Waals surface area contributed by atoms with E-state index in [1.807, 2.05) is 65.7 Å². The van der Waals surface area contributed by atoms with E-state index in [1.54, 1.807) is 13.1 Å². The summed E-state index contributed by atoms with van der Waals surface area (Å²) in [5.41, 5.74) is 5.63. The van der Waals surface area contributed by atoms with Crippen LogP contribution in [0.15, 0.2) is 67.0 Å². The molecule has 0 bridgehead atoms. The van der Waals surface area contributed by atoms with Crippen molar-refractivity contribution in [1.82, 2.24) is 14.9 Å². The molecule has 2 aliphatic rings. The molecule has 4 aromatic rings. The molecule has 2 aromatic carbocycles. The fourth-order valence-corrected chi connectivity index (χ4v) is 5.44. The molecular weight excluding hydrogens is 436 g/mol. The van der Waals surface area contributed by atoms with Gasteiger partial charge >= 0.3 is 0 Å². The standard InChI is InChI=1S/C29H24N4O2/c1-2-6-19-15-21(18-30-17-19)22-8-5-7-20-16-25(31-26(20)22)27(34)33-13-11-29(12-14-33)23-9-3-4-10-24(23)32-28(29)35/h3-5,7-10,15-18,31H,11-14H2,1H3,(H,32,35). The van der Waals surface area contributed by atoms with Gasteiger partial charge in [0, 0.05) is 53.2 Å². The van der Waals surface area contributed by atoms with E-state index >= 15 is 0 Å². The zero-order chi connectivity index (χ0) is 24.0. The van der Waals surface area contributed by atoms with Crippen LogP contribution in [-0.2, 0) is 10.2 Å². The number of nitrogens with zero attached hydrogens (tertiary/aromatic N) is 2. The number of carbonyl (C=O) groups excluding carboxylic acids is 2. The second-order valence-corrected chi connectivity index (χ2v) is 9.16. The van der Waals surface area contributed by atoms with Crippen LogP contribution in [0.4, 0.5) is 5.69 Å². The van der Waals surface area contributed by atoms with Crippen LogP contribution >= 0.6 is 0 Å². The average Bonchev–Trinajstić information content (AvgIpc) is 3.44. The number of hydrogen-bond acceptors (Lipinski definition) is 3. The Morgan fingerprint density at radius 1 is 1.06 bits per heavy atom. The number of likely N-dealkylation sites (tertiary alicyclic amines) is 1. The molecule has 6 rings (SSSR count). The van der Waals surface area contributed by atoms with Crippen molar-refractivity contribution in [2.24, 2.45) is 0 Å². The number of rotatable bonds is 2. The molecule has 6 nitrogen and oxygen atoms in total. The van der Waals surface area contributed by atoms with Gasteiger partial charge < -0.3 is 15.2 Å². The van der Waals surface area contributed by atoms with Gasteiger partial charge in [-0.15, -0.1) is 5.92 Å². The minimum Gasteiger partial charge on any atom is -0.350 e. The lowest BCUT2D eigenvalue weighted by molar-refractivity contribution is -0.122. The van der Waals surface area contributed by atoms with Crippen LogP contribution in [0.2, 0.25) is 0 Å². The molecule has 2 N–H and O–H groups in total. The van der Waals surface area contributed by atoms with Crippen LogP contribution in [0, 0.1) is 11.8 Å². The minimum atomic E-state index is -0.541. The lowest BCUT2D eigenvalue weighted by atomic mass is 9.73. The van der Waals surface area contributed by atoms with E-state index in [0.29, 0.717) is 31.6 Å². The average molecular weight is 461 g/mol. The zero-order valence-corrected chi connectivity index (χ0v) is 19.4. The van der Waals surface area contributed by atoms with E-state index in [1.165, 1.54) is 0 Å². The highest BCUT2D eigenvalue weighted by Crippen LogP contribution is 2.45. The number of hydrogen-bond donors (Lipinski definition) is 2. The number of para-hydroxylation sites is 2. The second-order valence-electron chi connectivity index (χ2n) is 9.16. The quantitative estimate of drug-likeness (QED) is 0.425. The van der Waals surface area contributed by atoms with E-state index in [2.05, 4.69) is 27.1 Å². The van der Waals surface area contributed by atoms with Crippen molar-refractivity contribution in [3.63, 3.8) is 0 Å². The lowest BCUT2D eigenvalue weighted by Gasteiger charge is -2.37. The van der Waals surface area contributed by atoms with E-state index in [-0.39, 0.29) is 11.8 Å². The van der Waals surface area contributed by atoms with Crippen molar-refractivity contribution in [3.8, 4) is 23.0 Å². The van der Waals surface area contributed by atoms with Crippen molar-refractivity contribution in [2.75, 3.05) is 18.4 Å². The van der Waals surface area contributed by atoms with Crippen molar-refractivity contribution < 1.29 is 9.59 Å². The highest BCUT2D eigenvalue weighted by Gasteiger charge is 2.48. The summed E-state index contributed by atoms with van der Waals surface area (Å²) < 4.78 is 0. The third-order valence-corrected chi connectivity index (χ3v) is 7.23. The molecule has 4 heterocycles. The van der Waals surface area contributed by atoms with Crippen molar-refractivity contribution in [1.29, 1.82) is 0 Å². The number of aromatic nitrogens is 2. The molecule has 2 aliphatic heterocycles. The summed E-state index contributed by atoms with van der Waals surface area (Å²) in [4.78, 5) is 35.9. The van der Waals surface area contributed by atoms with E-state index in [0.717, 1.165) is 38.8 Å². The van der Waals surface area contributed by atoms with E-state index < -0.39 is 5.41 Å². The molecule has 0 atom stereocenters. The molecule has 0 saturated carbocycles. The van der Waals surface area contributed by atoms with Gasteiger partial charge in [0.15, 0.2) is 0 Å². The fourth-order valence-electron chi connectivity index (χ4n) is 5.44. The molecule has 1 spiro atoms. The van der Waals surface area contributed by atoms with Crippen LogP contribution in [0.25, 0.3) is 22.0 Å². The first kappa shape index (κ1) is 21.2. The molecule has 0 aliphatic carbocycles. The number of amides is 2. The first-order chi connectivity index (χ1) is 17.1. The zero-order valence-electron chi connectivity index (χ0n) is 19.4. The van der Waals surface area contributed by atoms with E-state index in [4.69, 9.17) is 0 Å². The molecular formula is C29H24N4O2. The molecule has 0 unspecified atom stereocenters.